The lowest BCUT2D eigenvalue weighted by molar-refractivity contribution is -0.122. The number of amides is 2. The third-order valence-corrected chi connectivity index (χ3v) is 5.03. The minimum atomic E-state index is -0.444. The summed E-state index contributed by atoms with van der Waals surface area (Å²) in [7, 11) is 3.10. The molecule has 2 amide bonds. The van der Waals surface area contributed by atoms with Gasteiger partial charge >= 0.3 is 0 Å². The molecule has 0 spiro atoms. The number of hydrogen-bond acceptors (Lipinski definition) is 4. The first-order chi connectivity index (χ1) is 12.9. The van der Waals surface area contributed by atoms with Crippen molar-refractivity contribution in [1.29, 1.82) is 0 Å². The Labute approximate surface area is 163 Å². The second kappa shape index (κ2) is 7.88. The quantitative estimate of drug-likeness (QED) is 0.848. The summed E-state index contributed by atoms with van der Waals surface area (Å²) < 4.78 is 10.4. The number of rotatable bonds is 5. The number of halogens is 1. The first-order valence-corrected chi connectivity index (χ1v) is 8.90. The van der Waals surface area contributed by atoms with Crippen molar-refractivity contribution in [3.8, 4) is 11.5 Å². The molecule has 1 aliphatic rings. The van der Waals surface area contributed by atoms with Crippen molar-refractivity contribution in [3.63, 3.8) is 0 Å². The number of benzene rings is 2. The summed E-state index contributed by atoms with van der Waals surface area (Å²) >= 11 is 6.10. The van der Waals surface area contributed by atoms with Crippen LogP contribution in [0.5, 0.6) is 11.5 Å². The monoisotopic (exact) mass is 388 g/mol. The number of aryl methyl sites for hydroxylation is 1. The van der Waals surface area contributed by atoms with Gasteiger partial charge in [-0.3, -0.25) is 9.59 Å². The van der Waals surface area contributed by atoms with Crippen molar-refractivity contribution in [2.75, 3.05) is 31.0 Å². The third kappa shape index (κ3) is 4.01. The van der Waals surface area contributed by atoms with E-state index >= 15 is 0 Å². The van der Waals surface area contributed by atoms with E-state index in [1.807, 2.05) is 19.1 Å². The Morgan fingerprint density at radius 3 is 2.52 bits per heavy atom. The maximum atomic E-state index is 12.7. The molecule has 1 aliphatic heterocycles. The molecule has 7 heteroatoms. The minimum absolute atomic E-state index is 0.0837. The summed E-state index contributed by atoms with van der Waals surface area (Å²) in [5, 5.41) is 3.42. The Morgan fingerprint density at radius 2 is 1.89 bits per heavy atom. The van der Waals surface area contributed by atoms with Gasteiger partial charge in [0.05, 0.1) is 25.8 Å². The van der Waals surface area contributed by atoms with Crippen LogP contribution in [0.4, 0.5) is 11.4 Å². The zero-order valence-electron chi connectivity index (χ0n) is 15.4. The smallest absolute Gasteiger partial charge is 0.229 e. The van der Waals surface area contributed by atoms with Gasteiger partial charge in [-0.05, 0) is 42.8 Å². The van der Waals surface area contributed by atoms with Gasteiger partial charge in [-0.25, -0.2) is 0 Å². The summed E-state index contributed by atoms with van der Waals surface area (Å²) in [6.45, 7) is 2.17. The van der Waals surface area contributed by atoms with Gasteiger partial charge in [0.2, 0.25) is 11.8 Å². The number of ether oxygens (including phenoxy) is 2. The van der Waals surface area contributed by atoms with Crippen molar-refractivity contribution in [2.45, 2.75) is 13.3 Å². The molecule has 2 aromatic carbocycles. The molecule has 1 heterocycles. The van der Waals surface area contributed by atoms with Crippen LogP contribution in [-0.4, -0.2) is 32.6 Å². The molecule has 1 saturated heterocycles. The molecule has 2 aromatic rings. The predicted molar refractivity (Wildman–Crippen MR) is 105 cm³/mol. The van der Waals surface area contributed by atoms with Crippen LogP contribution in [0.15, 0.2) is 36.4 Å². The van der Waals surface area contributed by atoms with Gasteiger partial charge in [-0.2, -0.15) is 0 Å². The Kier molecular flexibility index (Phi) is 5.56. The minimum Gasteiger partial charge on any atom is -0.497 e. The summed E-state index contributed by atoms with van der Waals surface area (Å²) in [5.41, 5.74) is 2.12. The van der Waals surface area contributed by atoms with Crippen molar-refractivity contribution in [3.05, 3.63) is 47.0 Å². The maximum Gasteiger partial charge on any atom is 0.229 e. The predicted octanol–water partition coefficient (Wildman–Crippen LogP) is 3.66. The van der Waals surface area contributed by atoms with Gasteiger partial charge in [-0.15, -0.1) is 0 Å². The van der Waals surface area contributed by atoms with Crippen LogP contribution in [0.25, 0.3) is 0 Å². The number of carbonyl (C=O) groups excluding carboxylic acids is 2. The lowest BCUT2D eigenvalue weighted by atomic mass is 10.1. The number of hydrogen-bond donors (Lipinski definition) is 1. The lowest BCUT2D eigenvalue weighted by Gasteiger charge is -2.17. The van der Waals surface area contributed by atoms with Gasteiger partial charge in [0, 0.05) is 29.7 Å². The van der Waals surface area contributed by atoms with Gasteiger partial charge < -0.3 is 19.7 Å². The van der Waals surface area contributed by atoms with Crippen molar-refractivity contribution in [1.82, 2.24) is 0 Å². The van der Waals surface area contributed by atoms with E-state index in [9.17, 15) is 9.59 Å². The molecule has 0 saturated carbocycles. The van der Waals surface area contributed by atoms with Crippen LogP contribution in [0.2, 0.25) is 5.02 Å². The molecule has 0 radical (unpaired) electrons. The summed E-state index contributed by atoms with van der Waals surface area (Å²) in [6.07, 6.45) is 0.159. The van der Waals surface area contributed by atoms with Gasteiger partial charge in [0.1, 0.15) is 11.5 Å². The topological polar surface area (TPSA) is 67.9 Å². The van der Waals surface area contributed by atoms with Crippen molar-refractivity contribution in [2.24, 2.45) is 5.92 Å². The highest BCUT2D eigenvalue weighted by molar-refractivity contribution is 6.31. The zero-order chi connectivity index (χ0) is 19.6. The molecular formula is C20H21ClN2O4. The Bertz CT molecular complexity index is 867. The zero-order valence-corrected chi connectivity index (χ0v) is 16.2. The highest BCUT2D eigenvalue weighted by atomic mass is 35.5. The molecule has 0 bridgehead atoms. The van der Waals surface area contributed by atoms with Crippen LogP contribution >= 0.6 is 11.6 Å². The van der Waals surface area contributed by atoms with Crippen LogP contribution in [0, 0.1) is 12.8 Å². The highest BCUT2D eigenvalue weighted by Crippen LogP contribution is 2.32. The maximum absolute atomic E-state index is 12.7. The van der Waals surface area contributed by atoms with E-state index < -0.39 is 5.92 Å². The van der Waals surface area contributed by atoms with E-state index in [0.717, 1.165) is 11.3 Å². The fraction of sp³-hybridized carbons (Fsp3) is 0.300. The molecule has 1 atom stereocenters. The van der Waals surface area contributed by atoms with Crippen LogP contribution < -0.4 is 19.7 Å². The molecule has 27 heavy (non-hydrogen) atoms. The van der Waals surface area contributed by atoms with Crippen LogP contribution in [0.3, 0.4) is 0 Å². The normalized spacial score (nSPS) is 16.4. The number of carbonyl (C=O) groups is 2. The number of nitrogens with zero attached hydrogens (tertiary/aromatic N) is 1. The van der Waals surface area contributed by atoms with Crippen molar-refractivity contribution >= 4 is 34.8 Å². The molecule has 3 rings (SSSR count). The van der Waals surface area contributed by atoms with Crippen molar-refractivity contribution < 1.29 is 19.1 Å². The molecule has 6 nitrogen and oxygen atoms in total. The van der Waals surface area contributed by atoms with E-state index in [1.165, 1.54) is 7.11 Å². The Hall–Kier alpha value is -2.73. The summed E-state index contributed by atoms with van der Waals surface area (Å²) in [5.74, 6) is 0.444. The SMILES string of the molecule is COc1ccc(N2CC(C(=O)Nc3cc(C)c(Cl)cc3OC)CC2=O)cc1. The first kappa shape index (κ1) is 19.0. The van der Waals surface area contributed by atoms with E-state index in [-0.39, 0.29) is 18.2 Å². The number of anilines is 2. The van der Waals surface area contributed by atoms with Gasteiger partial charge in [0.15, 0.2) is 0 Å². The Balaban J connectivity index is 1.73. The fourth-order valence-corrected chi connectivity index (χ4v) is 3.21. The van der Waals surface area contributed by atoms with Crippen LogP contribution in [-0.2, 0) is 9.59 Å². The average Bonchev–Trinajstić information content (AvgIpc) is 3.06. The summed E-state index contributed by atoms with van der Waals surface area (Å²) in [4.78, 5) is 26.7. The summed E-state index contributed by atoms with van der Waals surface area (Å²) in [6, 6.07) is 10.6. The molecule has 142 valence electrons. The standard InChI is InChI=1S/C20H21ClN2O4/c1-12-8-17(18(27-3)10-16(12)21)22-20(25)13-9-19(24)23(11-13)14-4-6-15(26-2)7-5-14/h4-8,10,13H,9,11H2,1-3H3,(H,22,25). The molecule has 0 aromatic heterocycles. The highest BCUT2D eigenvalue weighted by Gasteiger charge is 2.35. The molecule has 1 fully saturated rings. The largest absolute Gasteiger partial charge is 0.497 e. The van der Waals surface area contributed by atoms with Gasteiger partial charge in [-0.1, -0.05) is 11.6 Å². The first-order valence-electron chi connectivity index (χ1n) is 8.52. The van der Waals surface area contributed by atoms with E-state index in [0.29, 0.717) is 28.8 Å². The lowest BCUT2D eigenvalue weighted by Crippen LogP contribution is -2.28. The van der Waals surface area contributed by atoms with E-state index in [4.69, 9.17) is 21.1 Å². The van der Waals surface area contributed by atoms with E-state index in [1.54, 1.807) is 36.3 Å². The molecule has 0 aliphatic carbocycles. The second-order valence-electron chi connectivity index (χ2n) is 6.39. The second-order valence-corrected chi connectivity index (χ2v) is 6.80. The van der Waals surface area contributed by atoms with Crippen LogP contribution in [0.1, 0.15) is 12.0 Å². The fourth-order valence-electron chi connectivity index (χ4n) is 3.06. The number of methoxy groups -OCH3 is 2. The molecular weight excluding hydrogens is 368 g/mol. The van der Waals surface area contributed by atoms with E-state index in [2.05, 4.69) is 5.32 Å². The third-order valence-electron chi connectivity index (χ3n) is 4.62. The Morgan fingerprint density at radius 1 is 1.19 bits per heavy atom. The molecule has 1 unspecified atom stereocenters. The molecule has 1 N–H and O–H groups in total. The average molecular weight is 389 g/mol. The van der Waals surface area contributed by atoms with Gasteiger partial charge in [0.25, 0.3) is 0 Å². The number of nitrogens with one attached hydrogen (secondary N) is 1.